The molecule has 0 N–H and O–H groups in total. The molecule has 0 spiro atoms. The zero-order chi connectivity index (χ0) is 24.8. The molecule has 2 aromatic rings. The summed E-state index contributed by atoms with van der Waals surface area (Å²) >= 11 is 4.12. The van der Waals surface area contributed by atoms with E-state index in [2.05, 4.69) is 15.9 Å². The van der Waals surface area contributed by atoms with Crippen molar-refractivity contribution in [2.24, 2.45) is 0 Å². The van der Waals surface area contributed by atoms with Crippen molar-refractivity contribution < 1.29 is 28.8 Å². The Morgan fingerprint density at radius 1 is 1.24 bits per heavy atom. The van der Waals surface area contributed by atoms with E-state index in [4.69, 9.17) is 9.47 Å². The summed E-state index contributed by atoms with van der Waals surface area (Å²) in [5.41, 5.74) is 1.25. The molecule has 2 aromatic carbocycles. The van der Waals surface area contributed by atoms with Crippen LogP contribution in [-0.4, -0.2) is 39.6 Å². The van der Waals surface area contributed by atoms with E-state index in [0.717, 1.165) is 26.7 Å². The number of imide groups is 1. The Labute approximate surface area is 208 Å². The van der Waals surface area contributed by atoms with Crippen molar-refractivity contribution in [2.45, 2.75) is 33.0 Å². The molecule has 0 saturated carbocycles. The predicted octanol–water partition coefficient (Wildman–Crippen LogP) is 5.31. The quantitative estimate of drug-likeness (QED) is 0.179. The number of hydrogen-bond acceptors (Lipinski definition) is 8. The fourth-order valence-corrected chi connectivity index (χ4v) is 4.10. The molecule has 2 amide bonds. The highest BCUT2D eigenvalue weighted by molar-refractivity contribution is 9.10. The first-order valence-electron chi connectivity index (χ1n) is 10.3. The Morgan fingerprint density at radius 2 is 1.94 bits per heavy atom. The highest BCUT2D eigenvalue weighted by atomic mass is 79.9. The molecule has 11 heteroatoms. The second kappa shape index (κ2) is 11.3. The SMILES string of the molecule is CC[C@H](C)OC(=O)CN1C(=O)S/C(=C\c2cc(Br)ccc2OCc2ccc([N+](=O)[O-])cc2)C1=O. The maximum atomic E-state index is 12.8. The lowest BCUT2D eigenvalue weighted by atomic mass is 10.1. The summed E-state index contributed by atoms with van der Waals surface area (Å²) in [7, 11) is 0. The van der Waals surface area contributed by atoms with E-state index in [0.29, 0.717) is 17.7 Å². The maximum Gasteiger partial charge on any atom is 0.326 e. The third kappa shape index (κ3) is 6.45. The first-order chi connectivity index (χ1) is 16.2. The van der Waals surface area contributed by atoms with Gasteiger partial charge in [0.05, 0.1) is 15.9 Å². The average molecular weight is 549 g/mol. The van der Waals surface area contributed by atoms with Crippen molar-refractivity contribution >= 4 is 56.6 Å². The zero-order valence-corrected chi connectivity index (χ0v) is 20.8. The minimum atomic E-state index is -0.646. The molecule has 0 radical (unpaired) electrons. The van der Waals surface area contributed by atoms with Gasteiger partial charge in [-0.2, -0.15) is 0 Å². The number of amides is 2. The second-order valence-electron chi connectivity index (χ2n) is 7.37. The van der Waals surface area contributed by atoms with Crippen LogP contribution in [0.2, 0.25) is 0 Å². The Morgan fingerprint density at radius 3 is 2.59 bits per heavy atom. The van der Waals surface area contributed by atoms with Crippen LogP contribution < -0.4 is 4.74 Å². The number of hydrogen-bond donors (Lipinski definition) is 0. The predicted molar refractivity (Wildman–Crippen MR) is 130 cm³/mol. The number of nitro benzene ring substituents is 1. The molecule has 0 bridgehead atoms. The smallest absolute Gasteiger partial charge is 0.326 e. The Hall–Kier alpha value is -3.18. The molecule has 34 heavy (non-hydrogen) atoms. The Bertz CT molecular complexity index is 1150. The van der Waals surface area contributed by atoms with E-state index >= 15 is 0 Å². The minimum absolute atomic E-state index is 0.0168. The van der Waals surface area contributed by atoms with E-state index in [1.165, 1.54) is 18.2 Å². The van der Waals surface area contributed by atoms with Gasteiger partial charge in [-0.1, -0.05) is 22.9 Å². The van der Waals surface area contributed by atoms with E-state index in [1.54, 1.807) is 37.3 Å². The van der Waals surface area contributed by atoms with Gasteiger partial charge in [0.15, 0.2) is 0 Å². The number of esters is 1. The lowest BCUT2D eigenvalue weighted by Gasteiger charge is -2.15. The highest BCUT2D eigenvalue weighted by Crippen LogP contribution is 2.35. The maximum absolute atomic E-state index is 12.8. The van der Waals surface area contributed by atoms with Gasteiger partial charge in [-0.15, -0.1) is 0 Å². The van der Waals surface area contributed by atoms with Crippen LogP contribution in [0.5, 0.6) is 5.75 Å². The van der Waals surface area contributed by atoms with Gasteiger partial charge in [-0.25, -0.2) is 0 Å². The highest BCUT2D eigenvalue weighted by Gasteiger charge is 2.37. The van der Waals surface area contributed by atoms with Crippen LogP contribution in [0.15, 0.2) is 51.8 Å². The van der Waals surface area contributed by atoms with Gasteiger partial charge in [0.1, 0.15) is 18.9 Å². The van der Waals surface area contributed by atoms with Crippen molar-refractivity contribution in [2.75, 3.05) is 6.54 Å². The lowest BCUT2D eigenvalue weighted by molar-refractivity contribution is -0.384. The first-order valence-corrected chi connectivity index (χ1v) is 11.9. The van der Waals surface area contributed by atoms with Crippen LogP contribution in [0.25, 0.3) is 6.08 Å². The van der Waals surface area contributed by atoms with Crippen LogP contribution in [0.3, 0.4) is 0 Å². The summed E-state index contributed by atoms with van der Waals surface area (Å²) in [5.74, 6) is -0.783. The second-order valence-corrected chi connectivity index (χ2v) is 9.28. The monoisotopic (exact) mass is 548 g/mol. The summed E-state index contributed by atoms with van der Waals surface area (Å²) in [5, 5.41) is 10.3. The number of carbonyl (C=O) groups excluding carboxylic acids is 3. The van der Waals surface area contributed by atoms with Crippen LogP contribution in [0, 0.1) is 10.1 Å². The van der Waals surface area contributed by atoms with Crippen molar-refractivity contribution in [3.8, 4) is 5.75 Å². The largest absolute Gasteiger partial charge is 0.488 e. The number of non-ortho nitro benzene ring substituents is 1. The fraction of sp³-hybridized carbons (Fsp3) is 0.261. The lowest BCUT2D eigenvalue weighted by Crippen LogP contribution is -2.35. The van der Waals surface area contributed by atoms with Crippen LogP contribution in [0.1, 0.15) is 31.4 Å². The van der Waals surface area contributed by atoms with Crippen LogP contribution in [0.4, 0.5) is 10.5 Å². The van der Waals surface area contributed by atoms with E-state index in [-0.39, 0.29) is 23.3 Å². The summed E-state index contributed by atoms with van der Waals surface area (Å²) in [6.07, 6.45) is 1.85. The number of thioether (sulfide) groups is 1. The minimum Gasteiger partial charge on any atom is -0.488 e. The summed E-state index contributed by atoms with van der Waals surface area (Å²) in [6.45, 7) is 3.29. The fourth-order valence-electron chi connectivity index (χ4n) is 2.89. The van der Waals surface area contributed by atoms with Crippen LogP contribution >= 0.6 is 27.7 Å². The molecule has 1 saturated heterocycles. The number of halogens is 1. The molecular formula is C23H21BrN2O7S. The number of ether oxygens (including phenoxy) is 2. The van der Waals surface area contributed by atoms with Gasteiger partial charge in [0.2, 0.25) is 0 Å². The van der Waals surface area contributed by atoms with Crippen molar-refractivity contribution in [3.63, 3.8) is 0 Å². The van der Waals surface area contributed by atoms with Gasteiger partial charge in [-0.3, -0.25) is 29.4 Å². The molecule has 178 valence electrons. The molecule has 3 rings (SSSR count). The topological polar surface area (TPSA) is 116 Å². The van der Waals surface area contributed by atoms with Crippen LogP contribution in [-0.2, 0) is 20.9 Å². The number of benzene rings is 2. The molecule has 1 aliphatic rings. The van der Waals surface area contributed by atoms with Gasteiger partial charge >= 0.3 is 5.97 Å². The summed E-state index contributed by atoms with van der Waals surface area (Å²) in [4.78, 5) is 48.5. The molecular weight excluding hydrogens is 528 g/mol. The zero-order valence-electron chi connectivity index (χ0n) is 18.4. The molecule has 1 heterocycles. The number of carbonyl (C=O) groups is 3. The third-order valence-corrected chi connectivity index (χ3v) is 6.27. The summed E-state index contributed by atoms with van der Waals surface area (Å²) in [6, 6.07) is 11.2. The Kier molecular flexibility index (Phi) is 8.46. The van der Waals surface area contributed by atoms with Gasteiger partial charge in [-0.05, 0) is 67.1 Å². The molecule has 0 unspecified atom stereocenters. The normalized spacial score (nSPS) is 15.5. The van der Waals surface area contributed by atoms with Gasteiger partial charge in [0.25, 0.3) is 16.8 Å². The summed E-state index contributed by atoms with van der Waals surface area (Å²) < 4.78 is 11.8. The average Bonchev–Trinajstić information content (AvgIpc) is 3.06. The van der Waals surface area contributed by atoms with Crippen molar-refractivity contribution in [1.29, 1.82) is 0 Å². The standard InChI is InChI=1S/C23H21BrN2O7S/c1-3-14(2)33-21(27)12-25-22(28)20(34-23(25)29)11-16-10-17(24)6-9-19(16)32-13-15-4-7-18(8-5-15)26(30)31/h4-11,14H,3,12-13H2,1-2H3/b20-11-/t14-/m0/s1. The van der Waals surface area contributed by atoms with E-state index < -0.39 is 28.6 Å². The third-order valence-electron chi connectivity index (χ3n) is 4.87. The molecule has 1 atom stereocenters. The number of rotatable bonds is 9. The molecule has 9 nitrogen and oxygen atoms in total. The molecule has 1 aliphatic heterocycles. The van der Waals surface area contributed by atoms with Crippen molar-refractivity contribution in [3.05, 3.63) is 73.1 Å². The van der Waals surface area contributed by atoms with E-state index in [9.17, 15) is 24.5 Å². The molecule has 1 fully saturated rings. The number of nitro groups is 1. The first kappa shape index (κ1) is 25.4. The molecule has 0 aromatic heterocycles. The van der Waals surface area contributed by atoms with E-state index in [1.807, 2.05) is 6.92 Å². The van der Waals surface area contributed by atoms with Crippen molar-refractivity contribution in [1.82, 2.24) is 4.90 Å². The number of nitrogens with zero attached hydrogens (tertiary/aromatic N) is 2. The van der Waals surface area contributed by atoms with Gasteiger partial charge < -0.3 is 9.47 Å². The van der Waals surface area contributed by atoms with Gasteiger partial charge in [0, 0.05) is 22.2 Å². The Balaban J connectivity index is 1.75. The molecule has 0 aliphatic carbocycles.